The molecule has 5 nitrogen and oxygen atoms in total. The zero-order valence-corrected chi connectivity index (χ0v) is 11.6. The lowest BCUT2D eigenvalue weighted by molar-refractivity contribution is 0.489. The van der Waals surface area contributed by atoms with Gasteiger partial charge in [-0.25, -0.2) is 9.97 Å². The molecule has 20 heavy (non-hydrogen) atoms. The SMILES string of the molecule is N#Cc1ccnc(Sc2nc3ccc(N)cc3o2)c1Cl. The third-order valence-corrected chi connectivity index (χ3v) is 3.90. The highest BCUT2D eigenvalue weighted by molar-refractivity contribution is 7.99. The Labute approximate surface area is 123 Å². The summed E-state index contributed by atoms with van der Waals surface area (Å²) in [4.78, 5) is 8.43. The van der Waals surface area contributed by atoms with E-state index in [1.807, 2.05) is 6.07 Å². The van der Waals surface area contributed by atoms with Crippen LogP contribution in [0.2, 0.25) is 5.02 Å². The van der Waals surface area contributed by atoms with Crippen LogP contribution in [0.1, 0.15) is 5.56 Å². The lowest BCUT2D eigenvalue weighted by Gasteiger charge is -2.00. The topological polar surface area (TPSA) is 88.7 Å². The molecule has 2 heterocycles. The highest BCUT2D eigenvalue weighted by atomic mass is 35.5. The van der Waals surface area contributed by atoms with E-state index in [2.05, 4.69) is 9.97 Å². The average molecular weight is 303 g/mol. The van der Waals surface area contributed by atoms with Crippen LogP contribution in [-0.4, -0.2) is 9.97 Å². The lowest BCUT2D eigenvalue weighted by atomic mass is 10.3. The number of nitrogens with zero attached hydrogens (tertiary/aromatic N) is 3. The van der Waals surface area contributed by atoms with Crippen molar-refractivity contribution in [3.63, 3.8) is 0 Å². The summed E-state index contributed by atoms with van der Waals surface area (Å²) >= 11 is 7.25. The first-order valence-electron chi connectivity index (χ1n) is 5.56. The Kier molecular flexibility index (Phi) is 3.22. The van der Waals surface area contributed by atoms with E-state index in [-0.39, 0.29) is 0 Å². The predicted octanol–water partition coefficient (Wildman–Crippen LogP) is 3.48. The highest BCUT2D eigenvalue weighted by Crippen LogP contribution is 2.34. The summed E-state index contributed by atoms with van der Waals surface area (Å²) in [6.45, 7) is 0. The van der Waals surface area contributed by atoms with Crippen LogP contribution in [-0.2, 0) is 0 Å². The molecule has 3 aromatic rings. The van der Waals surface area contributed by atoms with E-state index in [0.717, 1.165) is 11.8 Å². The van der Waals surface area contributed by atoms with E-state index < -0.39 is 0 Å². The number of fused-ring (bicyclic) bond motifs is 1. The van der Waals surface area contributed by atoms with Gasteiger partial charge < -0.3 is 10.2 Å². The number of anilines is 1. The molecule has 0 amide bonds. The lowest BCUT2D eigenvalue weighted by Crippen LogP contribution is -1.85. The van der Waals surface area contributed by atoms with E-state index in [1.54, 1.807) is 24.3 Å². The van der Waals surface area contributed by atoms with Gasteiger partial charge >= 0.3 is 0 Å². The fraction of sp³-hybridized carbons (Fsp3) is 0. The first-order valence-corrected chi connectivity index (χ1v) is 6.75. The van der Waals surface area contributed by atoms with Gasteiger partial charge in [-0.05, 0) is 30.0 Å². The summed E-state index contributed by atoms with van der Waals surface area (Å²) in [5, 5.41) is 10.1. The normalized spacial score (nSPS) is 10.6. The second-order valence-electron chi connectivity index (χ2n) is 3.90. The number of aromatic nitrogens is 2. The minimum absolute atomic E-state index is 0.293. The van der Waals surface area contributed by atoms with Crippen LogP contribution in [0.5, 0.6) is 0 Å². The minimum atomic E-state index is 0.293. The average Bonchev–Trinajstić information content (AvgIpc) is 2.82. The maximum Gasteiger partial charge on any atom is 0.263 e. The zero-order valence-electron chi connectivity index (χ0n) is 10.0. The Morgan fingerprint density at radius 1 is 1.35 bits per heavy atom. The molecule has 0 aliphatic heterocycles. The van der Waals surface area contributed by atoms with E-state index in [1.165, 1.54) is 6.20 Å². The largest absolute Gasteiger partial charge is 0.431 e. The van der Waals surface area contributed by atoms with Crippen molar-refractivity contribution >= 4 is 40.1 Å². The molecule has 0 atom stereocenters. The van der Waals surface area contributed by atoms with Crippen LogP contribution in [0.25, 0.3) is 11.1 Å². The quantitative estimate of drug-likeness (QED) is 0.729. The van der Waals surface area contributed by atoms with Crippen molar-refractivity contribution in [3.05, 3.63) is 41.0 Å². The molecule has 7 heteroatoms. The molecule has 0 saturated carbocycles. The number of hydrogen-bond acceptors (Lipinski definition) is 6. The molecule has 2 aromatic heterocycles. The van der Waals surface area contributed by atoms with Crippen molar-refractivity contribution in [3.8, 4) is 6.07 Å². The van der Waals surface area contributed by atoms with Crippen LogP contribution in [0.4, 0.5) is 5.69 Å². The number of benzene rings is 1. The first-order chi connectivity index (χ1) is 9.67. The van der Waals surface area contributed by atoms with E-state index >= 15 is 0 Å². The Bertz CT molecular complexity index is 840. The van der Waals surface area contributed by atoms with Gasteiger partial charge in [-0.3, -0.25) is 0 Å². The monoisotopic (exact) mass is 302 g/mol. The van der Waals surface area contributed by atoms with Crippen molar-refractivity contribution in [2.45, 2.75) is 10.2 Å². The predicted molar refractivity (Wildman–Crippen MR) is 76.5 cm³/mol. The number of nitriles is 1. The molecule has 0 spiro atoms. The fourth-order valence-corrected chi connectivity index (χ4v) is 2.65. The molecule has 0 bridgehead atoms. The van der Waals surface area contributed by atoms with Crippen LogP contribution in [0, 0.1) is 11.3 Å². The number of halogens is 1. The van der Waals surface area contributed by atoms with Gasteiger partial charge in [-0.2, -0.15) is 5.26 Å². The molecule has 0 aliphatic rings. The van der Waals surface area contributed by atoms with Crippen LogP contribution in [0.15, 0.2) is 45.1 Å². The van der Waals surface area contributed by atoms with Crippen molar-refractivity contribution in [2.24, 2.45) is 0 Å². The Morgan fingerprint density at radius 2 is 2.20 bits per heavy atom. The summed E-state index contributed by atoms with van der Waals surface area (Å²) in [6, 6.07) is 8.79. The molecule has 0 aliphatic carbocycles. The van der Waals surface area contributed by atoms with Crippen molar-refractivity contribution in [2.75, 3.05) is 5.73 Å². The van der Waals surface area contributed by atoms with Gasteiger partial charge in [0.2, 0.25) is 0 Å². The van der Waals surface area contributed by atoms with Crippen molar-refractivity contribution < 1.29 is 4.42 Å². The maximum absolute atomic E-state index is 8.93. The standard InChI is InChI=1S/C13H7ClN4OS/c14-11-7(6-15)3-4-17-12(11)20-13-18-9-2-1-8(16)5-10(9)19-13/h1-5H,16H2. The molecule has 1 aromatic carbocycles. The Hall–Kier alpha value is -2.23. The molecule has 2 N–H and O–H groups in total. The fourth-order valence-electron chi connectivity index (χ4n) is 1.63. The maximum atomic E-state index is 8.93. The molecule has 98 valence electrons. The molecule has 0 saturated heterocycles. The number of rotatable bonds is 2. The van der Waals surface area contributed by atoms with Gasteiger partial charge in [-0.1, -0.05) is 11.6 Å². The third-order valence-electron chi connectivity index (χ3n) is 2.55. The van der Waals surface area contributed by atoms with Crippen LogP contribution >= 0.6 is 23.4 Å². The van der Waals surface area contributed by atoms with Crippen LogP contribution < -0.4 is 5.73 Å². The van der Waals surface area contributed by atoms with Gasteiger partial charge in [0.1, 0.15) is 16.6 Å². The van der Waals surface area contributed by atoms with E-state index in [0.29, 0.717) is 37.6 Å². The first kappa shape index (κ1) is 12.8. The minimum Gasteiger partial charge on any atom is -0.431 e. The molecular weight excluding hydrogens is 296 g/mol. The summed E-state index contributed by atoms with van der Waals surface area (Å²) < 4.78 is 5.57. The van der Waals surface area contributed by atoms with E-state index in [9.17, 15) is 0 Å². The second-order valence-corrected chi connectivity index (χ2v) is 5.22. The Balaban J connectivity index is 1.99. The summed E-state index contributed by atoms with van der Waals surface area (Å²) in [6.07, 6.45) is 1.52. The van der Waals surface area contributed by atoms with Gasteiger partial charge in [0.05, 0.1) is 10.6 Å². The number of hydrogen-bond donors (Lipinski definition) is 1. The highest BCUT2D eigenvalue weighted by Gasteiger charge is 2.13. The van der Waals surface area contributed by atoms with Gasteiger partial charge in [0.25, 0.3) is 5.22 Å². The Morgan fingerprint density at radius 3 is 3.00 bits per heavy atom. The van der Waals surface area contributed by atoms with Crippen molar-refractivity contribution in [1.82, 2.24) is 9.97 Å². The zero-order chi connectivity index (χ0) is 14.1. The summed E-state index contributed by atoms with van der Waals surface area (Å²) in [5.41, 5.74) is 7.95. The number of nitrogens with two attached hydrogens (primary N) is 1. The van der Waals surface area contributed by atoms with Crippen LogP contribution in [0.3, 0.4) is 0 Å². The molecule has 3 rings (SSSR count). The molecule has 0 unspecified atom stereocenters. The number of oxazole rings is 1. The van der Waals surface area contributed by atoms with Gasteiger partial charge in [0, 0.05) is 18.0 Å². The second kappa shape index (κ2) is 5.04. The van der Waals surface area contributed by atoms with E-state index in [4.69, 9.17) is 27.0 Å². The molecule has 0 fully saturated rings. The van der Waals surface area contributed by atoms with Gasteiger partial charge in [-0.15, -0.1) is 0 Å². The number of nitrogen functional groups attached to an aromatic ring is 1. The molecule has 0 radical (unpaired) electrons. The summed E-state index contributed by atoms with van der Waals surface area (Å²) in [7, 11) is 0. The summed E-state index contributed by atoms with van der Waals surface area (Å²) in [5.74, 6) is 0. The van der Waals surface area contributed by atoms with Crippen molar-refractivity contribution in [1.29, 1.82) is 5.26 Å². The van der Waals surface area contributed by atoms with Gasteiger partial charge in [0.15, 0.2) is 5.58 Å². The third kappa shape index (κ3) is 2.29. The number of pyridine rings is 1. The smallest absolute Gasteiger partial charge is 0.263 e. The molecular formula is C13H7ClN4OS.